The van der Waals surface area contributed by atoms with Crippen LogP contribution in [0.25, 0.3) is 0 Å². The molecule has 3 nitrogen and oxygen atoms in total. The Morgan fingerprint density at radius 3 is 2.83 bits per heavy atom. The molecule has 1 unspecified atom stereocenters. The molecular weight excluding hydrogens is 226 g/mol. The van der Waals surface area contributed by atoms with Crippen LogP contribution >= 0.6 is 0 Å². The van der Waals surface area contributed by atoms with Crippen LogP contribution < -0.4 is 0 Å². The van der Waals surface area contributed by atoms with Crippen LogP contribution in [0.3, 0.4) is 0 Å². The molecule has 3 heteroatoms. The Morgan fingerprint density at radius 1 is 1.33 bits per heavy atom. The summed E-state index contributed by atoms with van der Waals surface area (Å²) in [4.78, 5) is 15.0. The summed E-state index contributed by atoms with van der Waals surface area (Å²) in [6, 6.07) is 11.0. The molecule has 1 atom stereocenters. The Kier molecular flexibility index (Phi) is 3.72. The maximum Gasteiger partial charge on any atom is 0.335 e. The van der Waals surface area contributed by atoms with Gasteiger partial charge < -0.3 is 5.11 Å². The second-order valence-electron chi connectivity index (χ2n) is 4.40. The minimum atomic E-state index is -0.883. The molecule has 0 aliphatic heterocycles. The zero-order chi connectivity index (χ0) is 13.0. The van der Waals surface area contributed by atoms with Gasteiger partial charge in [0.1, 0.15) is 0 Å². The van der Waals surface area contributed by atoms with E-state index >= 15 is 0 Å². The summed E-state index contributed by atoms with van der Waals surface area (Å²) >= 11 is 0. The van der Waals surface area contributed by atoms with E-state index in [1.165, 1.54) is 5.56 Å². The minimum Gasteiger partial charge on any atom is -0.478 e. The van der Waals surface area contributed by atoms with Crippen LogP contribution in [-0.4, -0.2) is 16.1 Å². The van der Waals surface area contributed by atoms with Gasteiger partial charge in [-0.25, -0.2) is 4.79 Å². The molecule has 0 aliphatic rings. The number of hydrogen-bond donors (Lipinski definition) is 1. The van der Waals surface area contributed by atoms with E-state index in [2.05, 4.69) is 11.9 Å². The van der Waals surface area contributed by atoms with E-state index in [4.69, 9.17) is 5.11 Å². The topological polar surface area (TPSA) is 50.2 Å². The Hall–Kier alpha value is -2.16. The first-order chi connectivity index (χ1) is 8.66. The van der Waals surface area contributed by atoms with Gasteiger partial charge >= 0.3 is 5.97 Å². The largest absolute Gasteiger partial charge is 0.478 e. The summed E-state index contributed by atoms with van der Waals surface area (Å²) in [5.41, 5.74) is 2.54. The number of aromatic nitrogens is 1. The van der Waals surface area contributed by atoms with Crippen molar-refractivity contribution in [2.45, 2.75) is 19.3 Å². The molecule has 0 amide bonds. The third-order valence-corrected chi connectivity index (χ3v) is 2.97. The molecule has 0 saturated carbocycles. The maximum atomic E-state index is 10.9. The molecule has 92 valence electrons. The van der Waals surface area contributed by atoms with E-state index in [9.17, 15) is 4.79 Å². The van der Waals surface area contributed by atoms with Crippen molar-refractivity contribution in [1.29, 1.82) is 0 Å². The lowest BCUT2D eigenvalue weighted by atomic mass is 9.94. The lowest BCUT2D eigenvalue weighted by Gasteiger charge is -2.11. The fourth-order valence-electron chi connectivity index (χ4n) is 1.97. The van der Waals surface area contributed by atoms with Crippen LogP contribution in [0, 0.1) is 0 Å². The quantitative estimate of drug-likeness (QED) is 0.894. The lowest BCUT2D eigenvalue weighted by molar-refractivity contribution is 0.0696. The van der Waals surface area contributed by atoms with Crippen molar-refractivity contribution in [3.8, 4) is 0 Å². The van der Waals surface area contributed by atoms with Crippen molar-refractivity contribution in [2.75, 3.05) is 0 Å². The van der Waals surface area contributed by atoms with Gasteiger partial charge in [-0.1, -0.05) is 25.1 Å². The van der Waals surface area contributed by atoms with Gasteiger partial charge in [0, 0.05) is 12.4 Å². The Labute approximate surface area is 106 Å². The molecule has 0 saturated heterocycles. The van der Waals surface area contributed by atoms with Gasteiger partial charge in [-0.15, -0.1) is 0 Å². The predicted molar refractivity (Wildman–Crippen MR) is 69.8 cm³/mol. The second kappa shape index (κ2) is 5.45. The number of benzene rings is 1. The molecular formula is C15H15NO2. The van der Waals surface area contributed by atoms with Crippen molar-refractivity contribution in [3.63, 3.8) is 0 Å². The van der Waals surface area contributed by atoms with Crippen LogP contribution in [0.1, 0.15) is 34.3 Å². The predicted octanol–water partition coefficient (Wildman–Crippen LogP) is 3.13. The molecule has 2 rings (SSSR count). The molecule has 2 aromatic rings. The smallest absolute Gasteiger partial charge is 0.335 e. The average Bonchev–Trinajstić information content (AvgIpc) is 2.40. The van der Waals surface area contributed by atoms with E-state index in [0.29, 0.717) is 11.5 Å². The van der Waals surface area contributed by atoms with Gasteiger partial charge in [0.2, 0.25) is 0 Å². The second-order valence-corrected chi connectivity index (χ2v) is 4.40. The third-order valence-electron chi connectivity index (χ3n) is 2.97. The molecule has 1 aromatic heterocycles. The van der Waals surface area contributed by atoms with E-state index in [1.807, 2.05) is 24.4 Å². The zero-order valence-electron chi connectivity index (χ0n) is 10.2. The van der Waals surface area contributed by atoms with Crippen molar-refractivity contribution in [1.82, 2.24) is 4.98 Å². The molecule has 0 spiro atoms. The standard InChI is InChI=1S/C15H15NO2/c1-11(14-6-3-7-16-10-14)8-12-4-2-5-13(9-12)15(17)18/h2-7,9-11H,8H2,1H3,(H,17,18). The Balaban J connectivity index is 2.14. The summed E-state index contributed by atoms with van der Waals surface area (Å²) < 4.78 is 0. The van der Waals surface area contributed by atoms with Crippen molar-refractivity contribution in [2.24, 2.45) is 0 Å². The summed E-state index contributed by atoms with van der Waals surface area (Å²) in [6.07, 6.45) is 4.42. The van der Waals surface area contributed by atoms with Gasteiger partial charge in [0.05, 0.1) is 5.56 Å². The third kappa shape index (κ3) is 2.94. The highest BCUT2D eigenvalue weighted by Gasteiger charge is 2.08. The van der Waals surface area contributed by atoms with Gasteiger partial charge in [-0.05, 0) is 41.7 Å². The summed E-state index contributed by atoms with van der Waals surface area (Å²) in [7, 11) is 0. The Bertz CT molecular complexity index is 537. The van der Waals surface area contributed by atoms with E-state index in [0.717, 1.165) is 12.0 Å². The van der Waals surface area contributed by atoms with E-state index in [1.54, 1.807) is 24.4 Å². The highest BCUT2D eigenvalue weighted by Crippen LogP contribution is 2.20. The van der Waals surface area contributed by atoms with Crippen molar-refractivity contribution >= 4 is 5.97 Å². The van der Waals surface area contributed by atoms with Crippen LogP contribution in [0.15, 0.2) is 48.8 Å². The zero-order valence-corrected chi connectivity index (χ0v) is 10.2. The van der Waals surface area contributed by atoms with Crippen LogP contribution in [-0.2, 0) is 6.42 Å². The first-order valence-electron chi connectivity index (χ1n) is 5.89. The van der Waals surface area contributed by atoms with Crippen LogP contribution in [0.2, 0.25) is 0 Å². The number of pyridine rings is 1. The summed E-state index contributed by atoms with van der Waals surface area (Å²) in [6.45, 7) is 2.12. The first-order valence-corrected chi connectivity index (χ1v) is 5.89. The number of carboxylic acid groups (broad SMARTS) is 1. The molecule has 1 heterocycles. The molecule has 0 fully saturated rings. The summed E-state index contributed by atoms with van der Waals surface area (Å²) in [5, 5.41) is 8.95. The average molecular weight is 241 g/mol. The summed E-state index contributed by atoms with van der Waals surface area (Å²) in [5.74, 6) is -0.561. The van der Waals surface area contributed by atoms with Gasteiger partial charge in [-0.3, -0.25) is 4.98 Å². The molecule has 18 heavy (non-hydrogen) atoms. The fourth-order valence-corrected chi connectivity index (χ4v) is 1.97. The molecule has 1 N–H and O–H groups in total. The number of aromatic carboxylic acids is 1. The SMILES string of the molecule is CC(Cc1cccc(C(=O)O)c1)c1cccnc1. The highest BCUT2D eigenvalue weighted by atomic mass is 16.4. The molecule has 0 radical (unpaired) electrons. The molecule has 0 aliphatic carbocycles. The highest BCUT2D eigenvalue weighted by molar-refractivity contribution is 5.87. The number of nitrogens with zero attached hydrogens (tertiary/aromatic N) is 1. The Morgan fingerprint density at radius 2 is 2.17 bits per heavy atom. The molecule has 1 aromatic carbocycles. The van der Waals surface area contributed by atoms with Crippen LogP contribution in [0.4, 0.5) is 0 Å². The first kappa shape index (κ1) is 12.3. The van der Waals surface area contributed by atoms with E-state index in [-0.39, 0.29) is 0 Å². The number of carbonyl (C=O) groups is 1. The normalized spacial score (nSPS) is 12.1. The number of rotatable bonds is 4. The number of carboxylic acids is 1. The fraction of sp³-hybridized carbons (Fsp3) is 0.200. The molecule has 0 bridgehead atoms. The lowest BCUT2D eigenvalue weighted by Crippen LogP contribution is -2.01. The number of hydrogen-bond acceptors (Lipinski definition) is 2. The van der Waals surface area contributed by atoms with E-state index < -0.39 is 5.97 Å². The van der Waals surface area contributed by atoms with Crippen LogP contribution in [0.5, 0.6) is 0 Å². The van der Waals surface area contributed by atoms with Gasteiger partial charge in [-0.2, -0.15) is 0 Å². The van der Waals surface area contributed by atoms with Crippen molar-refractivity contribution < 1.29 is 9.90 Å². The van der Waals surface area contributed by atoms with Crippen molar-refractivity contribution in [3.05, 3.63) is 65.5 Å². The van der Waals surface area contributed by atoms with Gasteiger partial charge in [0.15, 0.2) is 0 Å². The maximum absolute atomic E-state index is 10.9. The minimum absolute atomic E-state index is 0.322. The monoisotopic (exact) mass is 241 g/mol. The van der Waals surface area contributed by atoms with Gasteiger partial charge in [0.25, 0.3) is 0 Å².